The van der Waals surface area contributed by atoms with Gasteiger partial charge in [0.15, 0.2) is 0 Å². The minimum Gasteiger partial charge on any atom is -0.497 e. The van der Waals surface area contributed by atoms with E-state index in [1.807, 2.05) is 24.3 Å². The number of ether oxygens (including phenoxy) is 1. The van der Waals surface area contributed by atoms with E-state index in [-0.39, 0.29) is 11.1 Å². The molecule has 29 heavy (non-hydrogen) atoms. The highest BCUT2D eigenvalue weighted by Crippen LogP contribution is 2.23. The summed E-state index contributed by atoms with van der Waals surface area (Å²) >= 11 is 6.18. The third-order valence-electron chi connectivity index (χ3n) is 4.38. The van der Waals surface area contributed by atoms with E-state index in [0.717, 1.165) is 11.6 Å². The molecule has 2 aromatic heterocycles. The summed E-state index contributed by atoms with van der Waals surface area (Å²) in [5.41, 5.74) is 1.27. The summed E-state index contributed by atoms with van der Waals surface area (Å²) in [4.78, 5) is 24.7. The molecule has 0 saturated carbocycles. The minimum absolute atomic E-state index is 0.206. The van der Waals surface area contributed by atoms with E-state index in [4.69, 9.17) is 20.8 Å². The van der Waals surface area contributed by atoms with Crippen molar-refractivity contribution < 1.29 is 13.9 Å². The second-order valence-corrected chi connectivity index (χ2v) is 6.72. The monoisotopic (exact) mass is 409 g/mol. The molecule has 4 aromatic rings. The van der Waals surface area contributed by atoms with Crippen molar-refractivity contribution in [2.24, 2.45) is 0 Å². The highest BCUT2D eigenvalue weighted by Gasteiger charge is 2.15. The average molecular weight is 410 g/mol. The Morgan fingerprint density at radius 1 is 1.24 bits per heavy atom. The van der Waals surface area contributed by atoms with Crippen LogP contribution in [0.15, 0.2) is 70.1 Å². The topological polar surface area (TPSA) is 86.4 Å². The fourth-order valence-electron chi connectivity index (χ4n) is 2.97. The summed E-state index contributed by atoms with van der Waals surface area (Å²) in [6.45, 7) is 0.465. The average Bonchev–Trinajstić information content (AvgIpc) is 3.15. The van der Waals surface area contributed by atoms with Crippen LogP contribution in [0.5, 0.6) is 5.75 Å². The summed E-state index contributed by atoms with van der Waals surface area (Å²) in [6, 6.07) is 13.6. The van der Waals surface area contributed by atoms with Gasteiger partial charge in [0.05, 0.1) is 31.1 Å². The van der Waals surface area contributed by atoms with E-state index in [0.29, 0.717) is 28.4 Å². The molecule has 0 fully saturated rings. The molecule has 4 rings (SSSR count). The zero-order chi connectivity index (χ0) is 20.4. The molecule has 0 unspecified atom stereocenters. The largest absolute Gasteiger partial charge is 0.497 e. The van der Waals surface area contributed by atoms with Gasteiger partial charge in [-0.15, -0.1) is 0 Å². The minimum atomic E-state index is -0.620. The van der Waals surface area contributed by atoms with Crippen LogP contribution in [0.25, 0.3) is 11.0 Å². The number of aromatic nitrogens is 2. The number of nitrogens with zero attached hydrogens (tertiary/aromatic N) is 2. The van der Waals surface area contributed by atoms with Gasteiger partial charge in [-0.1, -0.05) is 29.8 Å². The SMILES string of the molecule is COc1ccc2c(C(=O)Nc3cnn(Cc4ccccc4Cl)c3)cc(=O)oc2c1. The molecule has 0 aliphatic rings. The van der Waals surface area contributed by atoms with Gasteiger partial charge in [-0.3, -0.25) is 9.48 Å². The fourth-order valence-corrected chi connectivity index (χ4v) is 3.17. The van der Waals surface area contributed by atoms with Crippen molar-refractivity contribution in [1.82, 2.24) is 9.78 Å². The number of benzene rings is 2. The second-order valence-electron chi connectivity index (χ2n) is 6.31. The number of methoxy groups -OCH3 is 1. The predicted molar refractivity (Wildman–Crippen MR) is 110 cm³/mol. The van der Waals surface area contributed by atoms with Gasteiger partial charge in [0, 0.05) is 28.7 Å². The quantitative estimate of drug-likeness (QED) is 0.504. The number of rotatable bonds is 5. The molecule has 8 heteroatoms. The van der Waals surface area contributed by atoms with Crippen LogP contribution < -0.4 is 15.7 Å². The Hall–Kier alpha value is -3.58. The number of carbonyl (C=O) groups is 1. The number of anilines is 1. The molecule has 2 aromatic carbocycles. The van der Waals surface area contributed by atoms with Gasteiger partial charge < -0.3 is 14.5 Å². The molecular formula is C21H16ClN3O4. The van der Waals surface area contributed by atoms with Crippen LogP contribution in [0.3, 0.4) is 0 Å². The number of halogens is 1. The maximum Gasteiger partial charge on any atom is 0.337 e. The lowest BCUT2D eigenvalue weighted by molar-refractivity contribution is 0.102. The van der Waals surface area contributed by atoms with Crippen molar-refractivity contribution in [3.63, 3.8) is 0 Å². The Bertz CT molecular complexity index is 1260. The smallest absolute Gasteiger partial charge is 0.337 e. The van der Waals surface area contributed by atoms with Crippen molar-refractivity contribution in [2.45, 2.75) is 6.54 Å². The first-order valence-electron chi connectivity index (χ1n) is 8.72. The van der Waals surface area contributed by atoms with Crippen molar-refractivity contribution in [1.29, 1.82) is 0 Å². The summed E-state index contributed by atoms with van der Waals surface area (Å²) in [6.07, 6.45) is 3.23. The number of carbonyl (C=O) groups excluding carboxylic acids is 1. The number of hydrogen-bond donors (Lipinski definition) is 1. The molecule has 0 bridgehead atoms. The van der Waals surface area contributed by atoms with Crippen molar-refractivity contribution in [2.75, 3.05) is 12.4 Å². The molecule has 1 amide bonds. The Morgan fingerprint density at radius 3 is 2.86 bits per heavy atom. The molecule has 0 saturated heterocycles. The standard InChI is InChI=1S/C21H16ClN3O4/c1-28-15-6-7-16-17(9-20(26)29-19(16)8-15)21(27)24-14-10-23-25(12-14)11-13-4-2-3-5-18(13)22/h2-10,12H,11H2,1H3,(H,24,27). The highest BCUT2D eigenvalue weighted by molar-refractivity contribution is 6.31. The number of hydrogen-bond acceptors (Lipinski definition) is 5. The molecule has 0 aliphatic carbocycles. The normalized spacial score (nSPS) is 10.8. The van der Waals surface area contributed by atoms with Crippen LogP contribution in [-0.4, -0.2) is 22.8 Å². The fraction of sp³-hybridized carbons (Fsp3) is 0.0952. The highest BCUT2D eigenvalue weighted by atomic mass is 35.5. The van der Waals surface area contributed by atoms with Crippen LogP contribution >= 0.6 is 11.6 Å². The molecular weight excluding hydrogens is 394 g/mol. The van der Waals surface area contributed by atoms with Gasteiger partial charge in [0.1, 0.15) is 11.3 Å². The lowest BCUT2D eigenvalue weighted by Gasteiger charge is -2.07. The van der Waals surface area contributed by atoms with Gasteiger partial charge in [-0.2, -0.15) is 5.10 Å². The maximum atomic E-state index is 12.8. The van der Waals surface area contributed by atoms with Crippen molar-refractivity contribution >= 4 is 34.2 Å². The molecule has 2 heterocycles. The van der Waals surface area contributed by atoms with E-state index >= 15 is 0 Å². The van der Waals surface area contributed by atoms with E-state index in [1.165, 1.54) is 13.3 Å². The Kier molecular flexibility index (Phi) is 5.05. The van der Waals surface area contributed by atoms with E-state index < -0.39 is 11.5 Å². The van der Waals surface area contributed by atoms with Gasteiger partial charge >= 0.3 is 5.63 Å². The van der Waals surface area contributed by atoms with Crippen LogP contribution in [0.4, 0.5) is 5.69 Å². The number of nitrogens with one attached hydrogen (secondary N) is 1. The predicted octanol–water partition coefficient (Wildman–Crippen LogP) is 3.95. The van der Waals surface area contributed by atoms with Crippen LogP contribution in [0.2, 0.25) is 5.02 Å². The first kappa shape index (κ1) is 18.8. The zero-order valence-corrected chi connectivity index (χ0v) is 16.1. The van der Waals surface area contributed by atoms with Crippen LogP contribution in [-0.2, 0) is 6.54 Å². The van der Waals surface area contributed by atoms with Crippen molar-refractivity contribution in [3.8, 4) is 5.75 Å². The van der Waals surface area contributed by atoms with Crippen LogP contribution in [0.1, 0.15) is 15.9 Å². The molecule has 0 spiro atoms. The number of fused-ring (bicyclic) bond motifs is 1. The Balaban J connectivity index is 1.58. The summed E-state index contributed by atoms with van der Waals surface area (Å²) < 4.78 is 12.0. The molecule has 0 radical (unpaired) electrons. The Morgan fingerprint density at radius 2 is 2.07 bits per heavy atom. The van der Waals surface area contributed by atoms with E-state index in [2.05, 4.69) is 10.4 Å². The lowest BCUT2D eigenvalue weighted by Crippen LogP contribution is -2.15. The second kappa shape index (κ2) is 7.81. The first-order valence-corrected chi connectivity index (χ1v) is 9.10. The molecule has 0 aliphatic heterocycles. The molecule has 0 atom stereocenters. The zero-order valence-electron chi connectivity index (χ0n) is 15.4. The summed E-state index contributed by atoms with van der Waals surface area (Å²) in [5, 5.41) is 8.16. The van der Waals surface area contributed by atoms with E-state index in [1.54, 1.807) is 29.1 Å². The van der Waals surface area contributed by atoms with Gasteiger partial charge in [0.25, 0.3) is 5.91 Å². The summed E-state index contributed by atoms with van der Waals surface area (Å²) in [5.74, 6) is 0.0874. The Labute approximate surface area is 170 Å². The number of amides is 1. The molecule has 7 nitrogen and oxygen atoms in total. The van der Waals surface area contributed by atoms with E-state index in [9.17, 15) is 9.59 Å². The molecule has 1 N–H and O–H groups in total. The lowest BCUT2D eigenvalue weighted by atomic mass is 10.1. The van der Waals surface area contributed by atoms with Gasteiger partial charge in [-0.25, -0.2) is 4.79 Å². The van der Waals surface area contributed by atoms with Gasteiger partial charge in [0.2, 0.25) is 0 Å². The molecule has 146 valence electrons. The third kappa shape index (κ3) is 4.00. The van der Waals surface area contributed by atoms with Crippen molar-refractivity contribution in [3.05, 3.63) is 87.5 Å². The van der Waals surface area contributed by atoms with Crippen LogP contribution in [0, 0.1) is 0 Å². The third-order valence-corrected chi connectivity index (χ3v) is 4.75. The maximum absolute atomic E-state index is 12.8. The first-order chi connectivity index (χ1) is 14.0. The summed E-state index contributed by atoms with van der Waals surface area (Å²) in [7, 11) is 1.51. The van der Waals surface area contributed by atoms with Gasteiger partial charge in [-0.05, 0) is 23.8 Å².